The summed E-state index contributed by atoms with van der Waals surface area (Å²) < 4.78 is 54.8. The summed E-state index contributed by atoms with van der Waals surface area (Å²) in [5.41, 5.74) is 1.30. The summed E-state index contributed by atoms with van der Waals surface area (Å²) in [6.07, 6.45) is -19.9. The molecule has 22 nitrogen and oxygen atoms in total. The van der Waals surface area contributed by atoms with Crippen molar-refractivity contribution in [2.24, 2.45) is 46.3 Å². The molecule has 0 radical (unpaired) electrons. The maximum Gasteiger partial charge on any atom is 0.187 e. The predicted octanol–water partition coefficient (Wildman–Crippen LogP) is -2.33. The average molecular weight is 1050 g/mol. The van der Waals surface area contributed by atoms with Crippen LogP contribution in [0.25, 0.3) is 0 Å². The Hall–Kier alpha value is -1.14. The summed E-state index contributed by atoms with van der Waals surface area (Å²) in [5, 5.41) is 136. The van der Waals surface area contributed by atoms with Crippen molar-refractivity contribution < 1.29 is 109 Å². The first-order valence-corrected chi connectivity index (χ1v) is 26.8. The smallest absolute Gasteiger partial charge is 0.187 e. The van der Waals surface area contributed by atoms with E-state index in [1.165, 1.54) is 12.5 Å². The minimum absolute atomic E-state index is 0.0980. The summed E-state index contributed by atoms with van der Waals surface area (Å²) in [7, 11) is 0. The van der Waals surface area contributed by atoms with E-state index in [4.69, 9.17) is 42.6 Å². The fourth-order valence-electron chi connectivity index (χ4n) is 15.0. The van der Waals surface area contributed by atoms with Crippen LogP contribution in [0.1, 0.15) is 92.4 Å². The van der Waals surface area contributed by atoms with Gasteiger partial charge in [-0.2, -0.15) is 0 Å². The van der Waals surface area contributed by atoms with E-state index in [1.807, 2.05) is 0 Å². The van der Waals surface area contributed by atoms with E-state index in [0.717, 1.165) is 44.9 Å². The highest BCUT2D eigenvalue weighted by molar-refractivity contribution is 5.26. The number of fused-ring (bicyclic) bond motifs is 7. The maximum atomic E-state index is 12.1. The Morgan fingerprint density at radius 1 is 0.603 bits per heavy atom. The number of ether oxygens (including phenoxy) is 9. The molecule has 10 unspecified atom stereocenters. The first kappa shape index (κ1) is 56.6. The molecule has 9 aliphatic rings. The minimum Gasteiger partial charge on any atom is -0.394 e. The Balaban J connectivity index is 0.839. The lowest BCUT2D eigenvalue weighted by Gasteiger charge is -2.58. The van der Waals surface area contributed by atoms with Gasteiger partial charge in [-0.3, -0.25) is 0 Å². The van der Waals surface area contributed by atoms with E-state index in [9.17, 15) is 66.4 Å². The number of hydrogen-bond donors (Lipinski definition) is 13. The van der Waals surface area contributed by atoms with Crippen LogP contribution in [-0.4, -0.2) is 234 Å². The maximum absolute atomic E-state index is 12.1. The van der Waals surface area contributed by atoms with Crippen LogP contribution in [-0.2, 0) is 42.6 Å². The van der Waals surface area contributed by atoms with Crippen molar-refractivity contribution in [3.63, 3.8) is 0 Å². The zero-order valence-corrected chi connectivity index (χ0v) is 42.5. The van der Waals surface area contributed by atoms with Gasteiger partial charge in [-0.15, -0.1) is 0 Å². The van der Waals surface area contributed by atoms with Crippen LogP contribution in [0.4, 0.5) is 0 Å². The number of rotatable bonds is 15. The SMILES string of the molecule is CC1O[C@@H](OC2[C@H](O[C@H]3CC[C@@]4(C)C(=CC[C@H]5[C@@H]6CC7OC(CC[C@@H](C)CO[C@@H]8OC(CO)[C@@H](O)[C@H](O)C8O)[C@@H](C)[C@@H]7[C@@]6(C)CC[C@@H]54)C3)OC(CO)[C@@H](O[C@@H]3OC(CO)[C@@H](O)[C@H](O)C3O)[C@@H]2O)C(O)[C@@H](O)[C@H]1O. The van der Waals surface area contributed by atoms with Crippen molar-refractivity contribution in [2.45, 2.75) is 234 Å². The molecule has 0 amide bonds. The van der Waals surface area contributed by atoms with Gasteiger partial charge in [0.25, 0.3) is 0 Å². The second kappa shape index (κ2) is 22.5. The topological polar surface area (TPSA) is 346 Å². The second-order valence-electron chi connectivity index (χ2n) is 23.6. The summed E-state index contributed by atoms with van der Waals surface area (Å²) in [5.74, 6) is 2.28. The molecule has 0 spiro atoms. The largest absolute Gasteiger partial charge is 0.394 e. The zero-order chi connectivity index (χ0) is 52.6. The average Bonchev–Trinajstić information content (AvgIpc) is 3.86. The molecule has 3 saturated carbocycles. The van der Waals surface area contributed by atoms with E-state index in [2.05, 4.69) is 33.8 Å². The molecule has 31 atom stereocenters. The zero-order valence-electron chi connectivity index (χ0n) is 42.5. The molecule has 5 saturated heterocycles. The quantitative estimate of drug-likeness (QED) is 0.0765. The third kappa shape index (κ3) is 10.4. The van der Waals surface area contributed by atoms with Crippen molar-refractivity contribution in [3.05, 3.63) is 11.6 Å². The van der Waals surface area contributed by atoms with Gasteiger partial charge in [0.1, 0.15) is 91.6 Å². The molecule has 9 rings (SSSR count). The molecule has 0 aromatic carbocycles. The van der Waals surface area contributed by atoms with Crippen LogP contribution in [0.15, 0.2) is 11.6 Å². The van der Waals surface area contributed by atoms with E-state index in [-0.39, 0.29) is 35.6 Å². The van der Waals surface area contributed by atoms with Gasteiger partial charge in [0.2, 0.25) is 0 Å². The molecule has 0 bridgehead atoms. The Morgan fingerprint density at radius 2 is 1.19 bits per heavy atom. The fraction of sp³-hybridized carbons (Fsp3) is 0.961. The number of hydrogen-bond acceptors (Lipinski definition) is 22. The Morgan fingerprint density at radius 3 is 1.85 bits per heavy atom. The van der Waals surface area contributed by atoms with Crippen LogP contribution in [0, 0.1) is 46.3 Å². The Labute approximate surface area is 426 Å². The lowest BCUT2D eigenvalue weighted by molar-refractivity contribution is -0.389. The Bertz CT molecular complexity index is 1860. The minimum atomic E-state index is -1.84. The van der Waals surface area contributed by atoms with Gasteiger partial charge in [0.15, 0.2) is 25.2 Å². The van der Waals surface area contributed by atoms with Crippen LogP contribution in [0.5, 0.6) is 0 Å². The van der Waals surface area contributed by atoms with Crippen molar-refractivity contribution in [2.75, 3.05) is 26.4 Å². The molecule has 4 aliphatic carbocycles. The summed E-state index contributed by atoms with van der Waals surface area (Å²) in [4.78, 5) is 0. The van der Waals surface area contributed by atoms with Gasteiger partial charge in [0.05, 0.1) is 50.8 Å². The third-order valence-corrected chi connectivity index (χ3v) is 19.3. The molecule has 73 heavy (non-hydrogen) atoms. The highest BCUT2D eigenvalue weighted by atomic mass is 16.8. The standard InChI is InChI=1S/C51H84O22/c1-20(19-65-46-40(61)38(59)35(56)30(16-52)69-46)6-9-28-21(2)33-29(68-28)15-27-25-8-7-23-14-24(10-12-50(23,4)26(25)11-13-51(27,33)5)67-49-45(73-47-41(62)37(58)34(55)22(3)66-47)43(64)44(32(18-54)71-49)72-48-42(63)39(60)36(57)31(17-53)70-48/h7,20-22,24-49,52-64H,6,8-19H2,1-5H3/t20-,21-,22?,24+,25-,26+,27+,28?,29?,30?,31?,32?,33+,34+,35-,36-,37+,38+,39+,40?,41?,42?,43+,44-,45?,46-,47+,48+,49-,50+,51+/m1/s1. The Kier molecular flexibility index (Phi) is 17.5. The third-order valence-electron chi connectivity index (χ3n) is 19.3. The normalized spacial score (nSPS) is 54.5. The predicted molar refractivity (Wildman–Crippen MR) is 249 cm³/mol. The van der Waals surface area contributed by atoms with Crippen molar-refractivity contribution in [3.8, 4) is 0 Å². The molecule has 5 heterocycles. The van der Waals surface area contributed by atoms with E-state index >= 15 is 0 Å². The van der Waals surface area contributed by atoms with Crippen LogP contribution < -0.4 is 0 Å². The first-order chi connectivity index (χ1) is 34.6. The highest BCUT2D eigenvalue weighted by Gasteiger charge is 2.65. The van der Waals surface area contributed by atoms with Crippen molar-refractivity contribution in [1.29, 1.82) is 0 Å². The monoisotopic (exact) mass is 1050 g/mol. The molecule has 5 aliphatic heterocycles. The molecule has 22 heteroatoms. The van der Waals surface area contributed by atoms with Crippen LogP contribution in [0.3, 0.4) is 0 Å². The number of aliphatic hydroxyl groups excluding tert-OH is 13. The molecule has 13 N–H and O–H groups in total. The van der Waals surface area contributed by atoms with Gasteiger partial charge in [-0.1, -0.05) is 39.3 Å². The fourth-order valence-corrected chi connectivity index (χ4v) is 15.0. The van der Waals surface area contributed by atoms with Gasteiger partial charge in [0, 0.05) is 0 Å². The first-order valence-electron chi connectivity index (χ1n) is 26.8. The molecule has 0 aromatic rings. The van der Waals surface area contributed by atoms with E-state index in [0.29, 0.717) is 42.4 Å². The lowest BCUT2D eigenvalue weighted by atomic mass is 9.47. The van der Waals surface area contributed by atoms with Gasteiger partial charge >= 0.3 is 0 Å². The molecular formula is C51H84O22. The molecule has 0 aromatic heterocycles. The van der Waals surface area contributed by atoms with Crippen molar-refractivity contribution >= 4 is 0 Å². The summed E-state index contributed by atoms with van der Waals surface area (Å²) in [6, 6.07) is 0. The van der Waals surface area contributed by atoms with Gasteiger partial charge in [-0.05, 0) is 111 Å². The summed E-state index contributed by atoms with van der Waals surface area (Å²) >= 11 is 0. The van der Waals surface area contributed by atoms with Crippen molar-refractivity contribution in [1.82, 2.24) is 0 Å². The van der Waals surface area contributed by atoms with Crippen LogP contribution in [0.2, 0.25) is 0 Å². The summed E-state index contributed by atoms with van der Waals surface area (Å²) in [6.45, 7) is 9.04. The van der Waals surface area contributed by atoms with Gasteiger partial charge in [-0.25, -0.2) is 0 Å². The van der Waals surface area contributed by atoms with Gasteiger partial charge < -0.3 is 109 Å². The number of aliphatic hydroxyl groups is 13. The van der Waals surface area contributed by atoms with E-state index in [1.54, 1.807) is 0 Å². The lowest BCUT2D eigenvalue weighted by Crippen LogP contribution is -2.67. The second-order valence-corrected chi connectivity index (χ2v) is 23.6. The van der Waals surface area contributed by atoms with Crippen LogP contribution >= 0.6 is 0 Å². The molecular weight excluding hydrogens is 965 g/mol. The highest BCUT2D eigenvalue weighted by Crippen LogP contribution is 2.69. The molecule has 8 fully saturated rings. The molecule has 420 valence electrons. The van der Waals surface area contributed by atoms with E-state index < -0.39 is 149 Å². The number of allylic oxidation sites excluding steroid dienone is 1.